The standard InChI is InChI=1S/C17H18ClNO7/c1-3-23-16(21)14(17(22)24-4-2)19-13(20)6-5-10-7-11(18)15-12(8-10)25-9-26-15/h5-8,14H,3-4,9H2,1-2H3,(H,19,20). The zero-order chi connectivity index (χ0) is 19.1. The first-order chi connectivity index (χ1) is 12.5. The number of carbonyl (C=O) groups is 3. The maximum absolute atomic E-state index is 12.1. The van der Waals surface area contributed by atoms with Gasteiger partial charge in [-0.2, -0.15) is 0 Å². The van der Waals surface area contributed by atoms with E-state index in [1.54, 1.807) is 26.0 Å². The molecule has 2 rings (SSSR count). The van der Waals surface area contributed by atoms with Gasteiger partial charge in [-0.1, -0.05) is 11.6 Å². The SMILES string of the molecule is CCOC(=O)C(NC(=O)C=Cc1cc(Cl)c2c(c1)OCO2)C(=O)OCC. The molecular formula is C17H18ClNO7. The number of halogens is 1. The van der Waals surface area contributed by atoms with Crippen molar-refractivity contribution in [2.75, 3.05) is 20.0 Å². The minimum atomic E-state index is -1.53. The van der Waals surface area contributed by atoms with Gasteiger partial charge in [0.1, 0.15) is 0 Å². The van der Waals surface area contributed by atoms with Crippen LogP contribution in [0.2, 0.25) is 5.02 Å². The summed E-state index contributed by atoms with van der Waals surface area (Å²) in [5.41, 5.74) is 0.582. The smallest absolute Gasteiger partial charge is 0.340 e. The monoisotopic (exact) mass is 383 g/mol. The van der Waals surface area contributed by atoms with Crippen LogP contribution in [0.5, 0.6) is 11.5 Å². The number of hydrogen-bond donors (Lipinski definition) is 1. The molecule has 1 amide bonds. The minimum absolute atomic E-state index is 0.0656. The number of nitrogens with one attached hydrogen (secondary N) is 1. The molecule has 1 aliphatic heterocycles. The van der Waals surface area contributed by atoms with Crippen molar-refractivity contribution >= 4 is 35.5 Å². The van der Waals surface area contributed by atoms with E-state index in [4.69, 9.17) is 30.5 Å². The zero-order valence-electron chi connectivity index (χ0n) is 14.2. The molecule has 1 aromatic carbocycles. The number of fused-ring (bicyclic) bond motifs is 1. The van der Waals surface area contributed by atoms with Gasteiger partial charge in [0.15, 0.2) is 11.5 Å². The second-order valence-electron chi connectivity index (χ2n) is 5.02. The Morgan fingerprint density at radius 1 is 1.19 bits per heavy atom. The number of ether oxygens (including phenoxy) is 4. The van der Waals surface area contributed by atoms with Gasteiger partial charge in [0.05, 0.1) is 18.2 Å². The maximum atomic E-state index is 12.1. The van der Waals surface area contributed by atoms with E-state index in [0.29, 0.717) is 22.1 Å². The summed E-state index contributed by atoms with van der Waals surface area (Å²) in [5.74, 6) is -1.55. The highest BCUT2D eigenvalue weighted by Gasteiger charge is 2.30. The minimum Gasteiger partial charge on any atom is -0.464 e. The van der Waals surface area contributed by atoms with Crippen molar-refractivity contribution in [1.29, 1.82) is 0 Å². The van der Waals surface area contributed by atoms with Gasteiger partial charge in [-0.25, -0.2) is 9.59 Å². The average molecular weight is 384 g/mol. The molecule has 1 heterocycles. The molecule has 0 bridgehead atoms. The highest BCUT2D eigenvalue weighted by atomic mass is 35.5. The molecular weight excluding hydrogens is 366 g/mol. The highest BCUT2D eigenvalue weighted by molar-refractivity contribution is 6.32. The Labute approximate surface area is 155 Å². The molecule has 9 heteroatoms. The van der Waals surface area contributed by atoms with Gasteiger partial charge < -0.3 is 24.3 Å². The summed E-state index contributed by atoms with van der Waals surface area (Å²) in [6, 6.07) is 1.70. The summed E-state index contributed by atoms with van der Waals surface area (Å²) in [5, 5.41) is 2.60. The lowest BCUT2D eigenvalue weighted by molar-refractivity contribution is -0.159. The van der Waals surface area contributed by atoms with E-state index in [2.05, 4.69) is 5.32 Å². The average Bonchev–Trinajstić information content (AvgIpc) is 3.07. The van der Waals surface area contributed by atoms with E-state index in [1.807, 2.05) is 0 Å². The van der Waals surface area contributed by atoms with Crippen molar-refractivity contribution in [3.63, 3.8) is 0 Å². The molecule has 26 heavy (non-hydrogen) atoms. The van der Waals surface area contributed by atoms with Gasteiger partial charge in [0.2, 0.25) is 18.7 Å². The third-order valence-corrected chi connectivity index (χ3v) is 3.49. The van der Waals surface area contributed by atoms with Crippen LogP contribution in [-0.4, -0.2) is 43.9 Å². The fourth-order valence-corrected chi connectivity index (χ4v) is 2.38. The van der Waals surface area contributed by atoms with E-state index < -0.39 is 23.9 Å². The van der Waals surface area contributed by atoms with Gasteiger partial charge in [0.25, 0.3) is 0 Å². The molecule has 0 radical (unpaired) electrons. The van der Waals surface area contributed by atoms with Crippen LogP contribution in [0.3, 0.4) is 0 Å². The molecule has 0 fully saturated rings. The van der Waals surface area contributed by atoms with Crippen molar-refractivity contribution in [2.45, 2.75) is 19.9 Å². The van der Waals surface area contributed by atoms with Crippen molar-refractivity contribution in [3.05, 3.63) is 28.8 Å². The second-order valence-corrected chi connectivity index (χ2v) is 5.42. The largest absolute Gasteiger partial charge is 0.464 e. The lowest BCUT2D eigenvalue weighted by Gasteiger charge is -2.14. The quantitative estimate of drug-likeness (QED) is 0.434. The number of esters is 2. The fourth-order valence-electron chi connectivity index (χ4n) is 2.11. The first-order valence-corrected chi connectivity index (χ1v) is 8.25. The van der Waals surface area contributed by atoms with Crippen molar-refractivity contribution < 1.29 is 33.3 Å². The molecule has 1 aliphatic rings. The van der Waals surface area contributed by atoms with Crippen LogP contribution in [0.15, 0.2) is 18.2 Å². The first kappa shape index (κ1) is 19.6. The predicted molar refractivity (Wildman–Crippen MR) is 91.8 cm³/mol. The molecule has 0 aromatic heterocycles. The molecule has 0 saturated carbocycles. The summed E-state index contributed by atoms with van der Waals surface area (Å²) in [6.07, 6.45) is 2.61. The Balaban J connectivity index is 2.07. The van der Waals surface area contributed by atoms with Gasteiger partial charge in [-0.3, -0.25) is 4.79 Å². The van der Waals surface area contributed by atoms with Crippen molar-refractivity contribution in [1.82, 2.24) is 5.32 Å². The van der Waals surface area contributed by atoms with E-state index in [0.717, 1.165) is 6.08 Å². The summed E-state index contributed by atoms with van der Waals surface area (Å²) in [6.45, 7) is 3.38. The molecule has 1 aromatic rings. The number of amides is 1. The fraction of sp³-hybridized carbons (Fsp3) is 0.353. The summed E-state index contributed by atoms with van der Waals surface area (Å²) < 4.78 is 20.0. The van der Waals surface area contributed by atoms with Crippen LogP contribution in [0.25, 0.3) is 6.08 Å². The number of hydrogen-bond acceptors (Lipinski definition) is 7. The number of rotatable bonds is 7. The number of benzene rings is 1. The van der Waals surface area contributed by atoms with Crippen LogP contribution in [0.1, 0.15) is 19.4 Å². The van der Waals surface area contributed by atoms with Gasteiger partial charge in [-0.05, 0) is 37.6 Å². The Morgan fingerprint density at radius 2 is 1.85 bits per heavy atom. The van der Waals surface area contributed by atoms with Gasteiger partial charge >= 0.3 is 11.9 Å². The molecule has 0 spiro atoms. The van der Waals surface area contributed by atoms with Gasteiger partial charge in [-0.15, -0.1) is 0 Å². The molecule has 8 nitrogen and oxygen atoms in total. The van der Waals surface area contributed by atoms with Crippen molar-refractivity contribution in [2.24, 2.45) is 0 Å². The number of carbonyl (C=O) groups excluding carboxylic acids is 3. The van der Waals surface area contributed by atoms with E-state index in [-0.39, 0.29) is 20.0 Å². The Hall–Kier alpha value is -2.74. The van der Waals surface area contributed by atoms with E-state index in [1.165, 1.54) is 6.08 Å². The summed E-state index contributed by atoms with van der Waals surface area (Å²) in [7, 11) is 0. The summed E-state index contributed by atoms with van der Waals surface area (Å²) >= 11 is 6.07. The lowest BCUT2D eigenvalue weighted by atomic mass is 10.2. The predicted octanol–water partition coefficient (Wildman–Crippen LogP) is 1.69. The first-order valence-electron chi connectivity index (χ1n) is 7.87. The van der Waals surface area contributed by atoms with Crippen molar-refractivity contribution in [3.8, 4) is 11.5 Å². The third-order valence-electron chi connectivity index (χ3n) is 3.21. The molecule has 140 valence electrons. The van der Waals surface area contributed by atoms with Crippen LogP contribution in [0, 0.1) is 0 Å². The topological polar surface area (TPSA) is 100 Å². The molecule has 0 atom stereocenters. The summed E-state index contributed by atoms with van der Waals surface area (Å²) in [4.78, 5) is 35.7. The lowest BCUT2D eigenvalue weighted by Crippen LogP contribution is -2.47. The van der Waals surface area contributed by atoms with E-state index >= 15 is 0 Å². The molecule has 0 saturated heterocycles. The Kier molecular flexibility index (Phi) is 6.85. The Morgan fingerprint density at radius 3 is 2.46 bits per heavy atom. The van der Waals surface area contributed by atoms with Crippen LogP contribution in [0.4, 0.5) is 0 Å². The van der Waals surface area contributed by atoms with Crippen LogP contribution in [-0.2, 0) is 23.9 Å². The van der Waals surface area contributed by atoms with Crippen LogP contribution >= 0.6 is 11.6 Å². The van der Waals surface area contributed by atoms with Crippen LogP contribution < -0.4 is 14.8 Å². The normalized spacial score (nSPS) is 12.3. The van der Waals surface area contributed by atoms with Gasteiger partial charge in [0, 0.05) is 6.08 Å². The highest BCUT2D eigenvalue weighted by Crippen LogP contribution is 2.40. The molecule has 1 N–H and O–H groups in total. The maximum Gasteiger partial charge on any atom is 0.340 e. The Bertz CT molecular complexity index is 714. The molecule has 0 unspecified atom stereocenters. The van der Waals surface area contributed by atoms with E-state index in [9.17, 15) is 14.4 Å². The zero-order valence-corrected chi connectivity index (χ0v) is 15.0. The third kappa shape index (κ3) is 4.89. The molecule has 0 aliphatic carbocycles. The second kappa shape index (κ2) is 9.10.